The highest BCUT2D eigenvalue weighted by molar-refractivity contribution is 5.96. The summed E-state index contributed by atoms with van der Waals surface area (Å²) in [6, 6.07) is 8.25. The van der Waals surface area contributed by atoms with E-state index in [0.717, 1.165) is 5.56 Å². The van der Waals surface area contributed by atoms with E-state index < -0.39 is 0 Å². The SMILES string of the molecule is Cc1ccc(O)c(CC(=O)Nc2ccnc(C(=O)NC(C)(C)C)c2)c1. The molecule has 3 N–H and O–H groups in total. The maximum atomic E-state index is 12.2. The molecule has 0 radical (unpaired) electrons. The van der Waals surface area contributed by atoms with Crippen molar-refractivity contribution in [2.75, 3.05) is 5.32 Å². The van der Waals surface area contributed by atoms with Crippen LogP contribution in [0.15, 0.2) is 36.5 Å². The Kier molecular flexibility index (Phi) is 5.41. The molecule has 6 heteroatoms. The highest BCUT2D eigenvalue weighted by atomic mass is 16.3. The molecule has 0 aliphatic rings. The van der Waals surface area contributed by atoms with Crippen LogP contribution in [0.3, 0.4) is 0 Å². The molecule has 1 heterocycles. The normalized spacial score (nSPS) is 11.0. The minimum absolute atomic E-state index is 0.0410. The number of aromatic nitrogens is 1. The first-order chi connectivity index (χ1) is 11.6. The molecule has 0 atom stereocenters. The number of hydrogen-bond acceptors (Lipinski definition) is 4. The number of rotatable bonds is 4. The first-order valence-electron chi connectivity index (χ1n) is 8.01. The Labute approximate surface area is 147 Å². The fourth-order valence-electron chi connectivity index (χ4n) is 2.27. The van der Waals surface area contributed by atoms with Gasteiger partial charge in [-0.3, -0.25) is 14.6 Å². The van der Waals surface area contributed by atoms with E-state index >= 15 is 0 Å². The third kappa shape index (κ3) is 5.60. The minimum Gasteiger partial charge on any atom is -0.508 e. The number of hydrogen-bond donors (Lipinski definition) is 3. The molecule has 2 amide bonds. The van der Waals surface area contributed by atoms with Crippen molar-refractivity contribution in [1.82, 2.24) is 10.3 Å². The molecular formula is C19H23N3O3. The number of nitrogens with one attached hydrogen (secondary N) is 2. The highest BCUT2D eigenvalue weighted by Crippen LogP contribution is 2.19. The van der Waals surface area contributed by atoms with E-state index in [1.165, 1.54) is 12.3 Å². The topological polar surface area (TPSA) is 91.3 Å². The molecule has 2 rings (SSSR count). The Hall–Kier alpha value is -2.89. The number of phenols is 1. The number of aryl methyl sites for hydroxylation is 1. The molecule has 0 aliphatic heterocycles. The lowest BCUT2D eigenvalue weighted by Crippen LogP contribution is -2.40. The number of carbonyl (C=O) groups excluding carboxylic acids is 2. The number of nitrogens with zero attached hydrogens (tertiary/aromatic N) is 1. The summed E-state index contributed by atoms with van der Waals surface area (Å²) >= 11 is 0. The van der Waals surface area contributed by atoms with Crippen LogP contribution in [0, 0.1) is 6.92 Å². The summed E-state index contributed by atoms with van der Waals surface area (Å²) in [4.78, 5) is 28.4. The Balaban J connectivity index is 2.07. The number of pyridine rings is 1. The fraction of sp³-hybridized carbons (Fsp3) is 0.316. The highest BCUT2D eigenvalue weighted by Gasteiger charge is 2.17. The van der Waals surface area contributed by atoms with E-state index in [1.807, 2.05) is 27.7 Å². The monoisotopic (exact) mass is 341 g/mol. The van der Waals surface area contributed by atoms with Crippen LogP contribution in [0.2, 0.25) is 0 Å². The van der Waals surface area contributed by atoms with Crippen molar-refractivity contribution in [2.45, 2.75) is 39.7 Å². The summed E-state index contributed by atoms with van der Waals surface area (Å²) in [5.74, 6) is -0.505. The van der Waals surface area contributed by atoms with Crippen LogP contribution in [-0.2, 0) is 11.2 Å². The van der Waals surface area contributed by atoms with E-state index in [4.69, 9.17) is 0 Å². The molecular weight excluding hydrogens is 318 g/mol. The fourth-order valence-corrected chi connectivity index (χ4v) is 2.27. The average molecular weight is 341 g/mol. The van der Waals surface area contributed by atoms with E-state index in [0.29, 0.717) is 11.3 Å². The molecule has 0 aliphatic carbocycles. The lowest BCUT2D eigenvalue weighted by Gasteiger charge is -2.20. The number of phenolic OH excluding ortho intramolecular Hbond substituents is 1. The standard InChI is InChI=1S/C19H23N3O3/c1-12-5-6-16(23)13(9-12)10-17(24)21-14-7-8-20-15(11-14)18(25)22-19(2,3)4/h5-9,11,23H,10H2,1-4H3,(H,22,25)(H,20,21,24). The summed E-state index contributed by atoms with van der Waals surface area (Å²) in [6.45, 7) is 7.53. The lowest BCUT2D eigenvalue weighted by molar-refractivity contribution is -0.115. The largest absolute Gasteiger partial charge is 0.508 e. The van der Waals surface area contributed by atoms with Crippen LogP contribution in [0.1, 0.15) is 42.4 Å². The van der Waals surface area contributed by atoms with Gasteiger partial charge in [-0.15, -0.1) is 0 Å². The Bertz CT molecular complexity index is 795. The molecule has 0 fully saturated rings. The lowest BCUT2D eigenvalue weighted by atomic mass is 10.1. The van der Waals surface area contributed by atoms with Crippen LogP contribution in [0.4, 0.5) is 5.69 Å². The van der Waals surface area contributed by atoms with Gasteiger partial charge in [-0.05, 0) is 45.9 Å². The van der Waals surface area contributed by atoms with E-state index in [9.17, 15) is 14.7 Å². The van der Waals surface area contributed by atoms with Gasteiger partial charge in [-0.2, -0.15) is 0 Å². The van der Waals surface area contributed by atoms with Gasteiger partial charge < -0.3 is 15.7 Å². The Morgan fingerprint density at radius 3 is 2.56 bits per heavy atom. The molecule has 25 heavy (non-hydrogen) atoms. The summed E-state index contributed by atoms with van der Waals surface area (Å²) in [5.41, 5.74) is 1.85. The zero-order chi connectivity index (χ0) is 18.6. The van der Waals surface area contributed by atoms with E-state index in [2.05, 4.69) is 15.6 Å². The van der Waals surface area contributed by atoms with Gasteiger partial charge in [0.2, 0.25) is 5.91 Å². The predicted octanol–water partition coefficient (Wildman–Crippen LogP) is 2.81. The molecule has 2 aromatic rings. The average Bonchev–Trinajstić information content (AvgIpc) is 2.49. The van der Waals surface area contributed by atoms with Gasteiger partial charge in [0.15, 0.2) is 0 Å². The van der Waals surface area contributed by atoms with Gasteiger partial charge in [0.05, 0.1) is 6.42 Å². The number of benzene rings is 1. The summed E-state index contributed by atoms with van der Waals surface area (Å²) in [5, 5.41) is 15.4. The Morgan fingerprint density at radius 1 is 1.16 bits per heavy atom. The van der Waals surface area contributed by atoms with Gasteiger partial charge in [-0.25, -0.2) is 0 Å². The number of aromatic hydroxyl groups is 1. The van der Waals surface area contributed by atoms with Gasteiger partial charge >= 0.3 is 0 Å². The van der Waals surface area contributed by atoms with E-state index in [1.54, 1.807) is 24.3 Å². The minimum atomic E-state index is -0.374. The summed E-state index contributed by atoms with van der Waals surface area (Å²) in [6.07, 6.45) is 1.51. The van der Waals surface area contributed by atoms with Crippen molar-refractivity contribution in [3.63, 3.8) is 0 Å². The predicted molar refractivity (Wildman–Crippen MR) is 96.6 cm³/mol. The number of anilines is 1. The van der Waals surface area contributed by atoms with Crippen molar-refractivity contribution >= 4 is 17.5 Å². The van der Waals surface area contributed by atoms with Gasteiger partial charge in [0.1, 0.15) is 11.4 Å². The van der Waals surface area contributed by atoms with Crippen LogP contribution < -0.4 is 10.6 Å². The second-order valence-electron chi connectivity index (χ2n) is 6.99. The number of carbonyl (C=O) groups is 2. The first kappa shape index (κ1) is 18.4. The molecule has 0 bridgehead atoms. The maximum absolute atomic E-state index is 12.2. The molecule has 6 nitrogen and oxygen atoms in total. The van der Waals surface area contributed by atoms with Crippen molar-refractivity contribution in [1.29, 1.82) is 0 Å². The van der Waals surface area contributed by atoms with Crippen molar-refractivity contribution in [2.24, 2.45) is 0 Å². The van der Waals surface area contributed by atoms with Crippen LogP contribution >= 0.6 is 0 Å². The van der Waals surface area contributed by atoms with Gasteiger partial charge in [-0.1, -0.05) is 17.7 Å². The molecule has 0 saturated heterocycles. The van der Waals surface area contributed by atoms with E-state index in [-0.39, 0.29) is 35.2 Å². The zero-order valence-corrected chi connectivity index (χ0v) is 14.9. The van der Waals surface area contributed by atoms with Crippen molar-refractivity contribution in [3.8, 4) is 5.75 Å². The van der Waals surface area contributed by atoms with Crippen LogP contribution in [0.25, 0.3) is 0 Å². The maximum Gasteiger partial charge on any atom is 0.270 e. The second kappa shape index (κ2) is 7.34. The first-order valence-corrected chi connectivity index (χ1v) is 8.01. The number of amides is 2. The molecule has 132 valence electrons. The summed E-state index contributed by atoms with van der Waals surface area (Å²) < 4.78 is 0. The Morgan fingerprint density at radius 2 is 1.88 bits per heavy atom. The third-order valence-electron chi connectivity index (χ3n) is 3.35. The molecule has 1 aromatic carbocycles. The van der Waals surface area contributed by atoms with Gasteiger partial charge in [0.25, 0.3) is 5.91 Å². The van der Waals surface area contributed by atoms with Gasteiger partial charge in [0, 0.05) is 23.0 Å². The molecule has 0 saturated carbocycles. The smallest absolute Gasteiger partial charge is 0.270 e. The third-order valence-corrected chi connectivity index (χ3v) is 3.35. The molecule has 0 unspecified atom stereocenters. The molecule has 0 spiro atoms. The quantitative estimate of drug-likeness (QED) is 0.797. The van der Waals surface area contributed by atoms with Crippen molar-refractivity contribution in [3.05, 3.63) is 53.3 Å². The second-order valence-corrected chi connectivity index (χ2v) is 6.99. The summed E-state index contributed by atoms with van der Waals surface area (Å²) in [7, 11) is 0. The van der Waals surface area contributed by atoms with Crippen LogP contribution in [0.5, 0.6) is 5.75 Å². The van der Waals surface area contributed by atoms with Crippen molar-refractivity contribution < 1.29 is 14.7 Å². The van der Waals surface area contributed by atoms with Crippen LogP contribution in [-0.4, -0.2) is 27.4 Å². The molecule has 1 aromatic heterocycles. The zero-order valence-electron chi connectivity index (χ0n) is 14.9.